The Morgan fingerprint density at radius 2 is 1.68 bits per heavy atom. The number of likely N-dealkylation sites (tertiary alicyclic amines) is 1. The number of anilines is 3. The Balaban J connectivity index is 0.000000849. The van der Waals surface area contributed by atoms with Crippen molar-refractivity contribution in [2.24, 2.45) is 10.8 Å². The minimum absolute atomic E-state index is 0.0350. The van der Waals surface area contributed by atoms with E-state index in [2.05, 4.69) is 19.9 Å². The number of aromatic nitrogens is 3. The molecule has 3 fully saturated rings. The van der Waals surface area contributed by atoms with E-state index >= 15 is 22.0 Å². The minimum atomic E-state index is -5.28. The molecule has 2 aliphatic heterocycles. The lowest BCUT2D eigenvalue weighted by Crippen LogP contribution is -2.41. The first-order chi connectivity index (χ1) is 29.6. The van der Waals surface area contributed by atoms with Crippen LogP contribution in [0.15, 0.2) is 24.4 Å². The van der Waals surface area contributed by atoms with Crippen LogP contribution in [0.4, 0.5) is 56.2 Å². The van der Waals surface area contributed by atoms with Gasteiger partial charge in [0.25, 0.3) is 5.92 Å². The van der Waals surface area contributed by atoms with Crippen molar-refractivity contribution in [2.75, 3.05) is 55.8 Å². The third kappa shape index (κ3) is 8.33. The number of alkyl halides is 6. The highest BCUT2D eigenvalue weighted by Gasteiger charge is 2.70. The molecule has 0 bridgehead atoms. The third-order valence-electron chi connectivity index (χ3n) is 12.6. The summed E-state index contributed by atoms with van der Waals surface area (Å²) in [5.74, 6) is -6.80. The first-order valence-corrected chi connectivity index (χ1v) is 21.2. The Bertz CT molecular complexity index is 2650. The van der Waals surface area contributed by atoms with Crippen LogP contribution in [0.3, 0.4) is 0 Å². The maximum Gasteiger partial charge on any atom is 0.420 e. The molecule has 4 aliphatic rings. The number of thiophene rings is 1. The summed E-state index contributed by atoms with van der Waals surface area (Å²) >= 11 is 0.638. The van der Waals surface area contributed by atoms with Crippen molar-refractivity contribution in [1.82, 2.24) is 19.9 Å². The van der Waals surface area contributed by atoms with E-state index in [-0.39, 0.29) is 70.0 Å². The fraction of sp³-hybridized carbons (Fsp3) is 0.488. The number of hydrogen-bond donors (Lipinski definition) is 2. The van der Waals surface area contributed by atoms with Gasteiger partial charge < -0.3 is 30.7 Å². The standard InChI is InChI=1S/C38H32F8N8O2S.C5H11F/c39-19-11-18(31(48)50-13-19)14-54-9-10-55-29-25-28(27(41)24(26(29)38(44,45)46)20-1-2-22(40)30-23(20)21(12-47)32(49)57-30)51-34(52-33(25)54)56-17-35(3-4-35)16-53-7-5-36(6-8-53)15-37(36,42)43;1-4-5(2,3)6/h1-2,11,13H,3-10,14-17,49H2,(H2,48,50);4H2,1-3H3. The Morgan fingerprint density at radius 3 is 2.29 bits per heavy atom. The molecule has 0 unspecified atom stereocenters. The number of nitrogens with zero attached hydrogens (tertiary/aromatic N) is 6. The highest BCUT2D eigenvalue weighted by atomic mass is 32.1. The lowest BCUT2D eigenvalue weighted by molar-refractivity contribution is -0.138. The molecule has 3 aromatic heterocycles. The van der Waals surface area contributed by atoms with Crippen LogP contribution in [0, 0.1) is 39.6 Å². The van der Waals surface area contributed by atoms with Crippen molar-refractivity contribution in [3.8, 4) is 29.0 Å². The summed E-state index contributed by atoms with van der Waals surface area (Å²) in [6, 6.07) is 4.35. The maximum absolute atomic E-state index is 17.4. The summed E-state index contributed by atoms with van der Waals surface area (Å²) in [6.07, 6.45) is -1.62. The topological polar surface area (TPSA) is 139 Å². The smallest absolute Gasteiger partial charge is 0.420 e. The van der Waals surface area contributed by atoms with Crippen LogP contribution >= 0.6 is 11.3 Å². The van der Waals surface area contributed by atoms with Crippen LogP contribution in [0.2, 0.25) is 0 Å². The molecule has 0 radical (unpaired) electrons. The molecule has 63 heavy (non-hydrogen) atoms. The lowest BCUT2D eigenvalue weighted by Gasteiger charge is -2.34. The summed E-state index contributed by atoms with van der Waals surface area (Å²) in [5.41, 5.74) is 5.92. The van der Waals surface area contributed by atoms with Gasteiger partial charge in [0.05, 0.1) is 35.0 Å². The number of hydrogen-bond acceptors (Lipinski definition) is 11. The van der Waals surface area contributed by atoms with E-state index in [4.69, 9.17) is 20.9 Å². The minimum Gasteiger partial charge on any atom is -0.490 e. The molecule has 1 spiro atoms. The molecular weight excluding hydrogens is 864 g/mol. The number of benzene rings is 2. The summed E-state index contributed by atoms with van der Waals surface area (Å²) in [6.45, 7) is 5.81. The molecule has 0 amide bonds. The Labute approximate surface area is 360 Å². The van der Waals surface area contributed by atoms with Crippen LogP contribution in [0.5, 0.6) is 11.8 Å². The second-order valence-electron chi connectivity index (χ2n) is 17.5. The summed E-state index contributed by atoms with van der Waals surface area (Å²) in [4.78, 5) is 16.2. The van der Waals surface area contributed by atoms with Crippen LogP contribution in [-0.4, -0.2) is 70.8 Å². The van der Waals surface area contributed by atoms with Crippen LogP contribution < -0.4 is 25.8 Å². The fourth-order valence-corrected chi connectivity index (χ4v) is 9.30. The highest BCUT2D eigenvalue weighted by Crippen LogP contribution is 2.66. The van der Waals surface area contributed by atoms with Gasteiger partial charge in [0.2, 0.25) is 0 Å². The van der Waals surface area contributed by atoms with Gasteiger partial charge in [-0.05, 0) is 76.7 Å². The molecule has 336 valence electrons. The lowest BCUT2D eigenvalue weighted by atomic mass is 9.91. The molecule has 20 heteroatoms. The fourth-order valence-electron chi connectivity index (χ4n) is 8.35. The Kier molecular flexibility index (Phi) is 11.1. The third-order valence-corrected chi connectivity index (χ3v) is 13.6. The van der Waals surface area contributed by atoms with Gasteiger partial charge >= 0.3 is 12.2 Å². The number of halogens is 9. The molecule has 2 aromatic carbocycles. The molecule has 4 N–H and O–H groups in total. The molecule has 5 heterocycles. The predicted molar refractivity (Wildman–Crippen MR) is 220 cm³/mol. The van der Waals surface area contributed by atoms with Gasteiger partial charge in [0.1, 0.15) is 63.4 Å². The average molecular weight is 907 g/mol. The number of nitrogens with two attached hydrogens (primary N) is 2. The summed E-state index contributed by atoms with van der Waals surface area (Å²) < 4.78 is 145. The normalized spacial score (nSPS) is 18.7. The molecule has 2 saturated carbocycles. The van der Waals surface area contributed by atoms with E-state index in [1.165, 1.54) is 4.90 Å². The number of nitriles is 1. The molecule has 0 atom stereocenters. The first-order valence-electron chi connectivity index (χ1n) is 20.3. The van der Waals surface area contributed by atoms with E-state index in [1.54, 1.807) is 19.9 Å². The van der Waals surface area contributed by atoms with Crippen LogP contribution in [0.25, 0.3) is 32.1 Å². The summed E-state index contributed by atoms with van der Waals surface area (Å²) in [5, 5.41) is 8.99. The molecular formula is C43H43F9N8O2S. The molecule has 2 aliphatic carbocycles. The second kappa shape index (κ2) is 15.8. The Hall–Kier alpha value is -5.29. The van der Waals surface area contributed by atoms with Crippen LogP contribution in [0.1, 0.15) is 76.0 Å². The van der Waals surface area contributed by atoms with Crippen molar-refractivity contribution < 1.29 is 49.0 Å². The number of pyridine rings is 1. The predicted octanol–water partition coefficient (Wildman–Crippen LogP) is 10.2. The van der Waals surface area contributed by atoms with E-state index in [0.717, 1.165) is 37.2 Å². The molecule has 1 saturated heterocycles. The number of ether oxygens (including phenoxy) is 2. The van der Waals surface area contributed by atoms with Gasteiger partial charge in [0.15, 0.2) is 5.82 Å². The zero-order valence-electron chi connectivity index (χ0n) is 34.5. The average Bonchev–Trinajstić information content (AvgIpc) is 4.07. The van der Waals surface area contributed by atoms with E-state index in [9.17, 15) is 22.8 Å². The van der Waals surface area contributed by atoms with Crippen LogP contribution in [-0.2, 0) is 12.7 Å². The van der Waals surface area contributed by atoms with Crippen molar-refractivity contribution in [3.63, 3.8) is 0 Å². The molecule has 9 rings (SSSR count). The van der Waals surface area contributed by atoms with E-state index < -0.39 is 86.0 Å². The summed E-state index contributed by atoms with van der Waals surface area (Å²) in [7, 11) is 0. The number of fused-ring (bicyclic) bond motifs is 1. The maximum atomic E-state index is 17.4. The van der Waals surface area contributed by atoms with Gasteiger partial charge in [-0.25, -0.2) is 31.3 Å². The van der Waals surface area contributed by atoms with Gasteiger partial charge in [-0.3, -0.25) is 0 Å². The zero-order chi connectivity index (χ0) is 45.4. The van der Waals surface area contributed by atoms with Gasteiger partial charge in [0, 0.05) is 46.9 Å². The van der Waals surface area contributed by atoms with Gasteiger partial charge in [-0.2, -0.15) is 28.4 Å². The van der Waals surface area contributed by atoms with Crippen molar-refractivity contribution in [3.05, 3.63) is 58.5 Å². The number of piperidine rings is 1. The van der Waals surface area contributed by atoms with E-state index in [0.29, 0.717) is 50.2 Å². The SMILES string of the molecule is CCC(C)(C)F.N#Cc1c(N)sc2c(F)ccc(-c3c(C(F)(F)F)c4c5c(nc(OCC6(CN7CCC8(CC7)CC8(F)F)CC6)nc5c3F)N(Cc3cc(F)cnc3N)CCO4)c12. The Morgan fingerprint density at radius 1 is 1.00 bits per heavy atom. The number of rotatable bonds is 9. The quantitative estimate of drug-likeness (QED) is 0.137. The van der Waals surface area contributed by atoms with Crippen molar-refractivity contribution >= 4 is 49.0 Å². The largest absolute Gasteiger partial charge is 0.490 e. The van der Waals surface area contributed by atoms with Crippen molar-refractivity contribution in [1.29, 1.82) is 5.26 Å². The first kappa shape index (κ1) is 44.3. The van der Waals surface area contributed by atoms with Gasteiger partial charge in [-0.15, -0.1) is 11.3 Å². The number of nitrogen functional groups attached to an aromatic ring is 2. The molecule has 10 nitrogen and oxygen atoms in total. The second-order valence-corrected chi connectivity index (χ2v) is 18.5. The molecule has 5 aromatic rings. The van der Waals surface area contributed by atoms with Gasteiger partial charge in [-0.1, -0.05) is 13.0 Å². The zero-order valence-corrected chi connectivity index (χ0v) is 35.3. The monoisotopic (exact) mass is 906 g/mol. The van der Waals surface area contributed by atoms with E-state index in [1.807, 2.05) is 6.92 Å². The van der Waals surface area contributed by atoms with Crippen molar-refractivity contribution in [2.45, 2.75) is 83.6 Å². The highest BCUT2D eigenvalue weighted by molar-refractivity contribution is 7.23.